The summed E-state index contributed by atoms with van der Waals surface area (Å²) >= 11 is 0. The molecule has 190 valence electrons. The summed E-state index contributed by atoms with van der Waals surface area (Å²) in [6.45, 7) is 8.00. The van der Waals surface area contributed by atoms with Crippen LogP contribution in [0.5, 0.6) is 0 Å². The molecule has 0 fully saturated rings. The number of hydrogen-bond donors (Lipinski definition) is 0. The highest BCUT2D eigenvalue weighted by Crippen LogP contribution is 2.52. The van der Waals surface area contributed by atoms with Crippen molar-refractivity contribution < 1.29 is 27.2 Å². The van der Waals surface area contributed by atoms with Crippen LogP contribution < -0.4 is 0 Å². The zero-order valence-electron chi connectivity index (χ0n) is 20.9. The molecule has 3 aromatic carbocycles. The highest BCUT2D eigenvalue weighted by Gasteiger charge is 2.26. The van der Waals surface area contributed by atoms with Crippen LogP contribution in [0.1, 0.15) is 49.9 Å². The predicted molar refractivity (Wildman–Crippen MR) is 140 cm³/mol. The number of benzene rings is 3. The predicted octanol–water partition coefficient (Wildman–Crippen LogP) is 7.27. The number of fused-ring (bicyclic) bond motifs is 2. The quantitative estimate of drug-likeness (QED) is 0.178. The second-order valence-corrected chi connectivity index (χ2v) is 12.1. The average Bonchev–Trinajstić information content (AvgIpc) is 2.83. The molecule has 0 saturated heterocycles. The molecule has 0 atom stereocenters. The first kappa shape index (κ1) is 28.0. The lowest BCUT2D eigenvalue weighted by Crippen LogP contribution is -2.00. The molecule has 0 spiro atoms. The largest absolute Gasteiger partial charge is 0.335 e. The van der Waals surface area contributed by atoms with E-state index in [9.17, 15) is 19.7 Å². The molecule has 0 radical (unpaired) electrons. The zero-order chi connectivity index (χ0) is 26.3. The Morgan fingerprint density at radius 2 is 0.944 bits per heavy atom. The monoisotopic (exact) mass is 528 g/mol. The van der Waals surface area contributed by atoms with Gasteiger partial charge in [-0.1, -0.05) is 24.3 Å². The SMILES string of the molecule is CCOP(=O)(Cc1ccc2c(C#N)c3cc(CP(=O)(OCC)OCC)ccc3c(C#N)c2c1)OCC. The van der Waals surface area contributed by atoms with Gasteiger partial charge in [0.2, 0.25) is 0 Å². The molecule has 0 bridgehead atoms. The van der Waals surface area contributed by atoms with E-state index in [1.165, 1.54) is 0 Å². The highest BCUT2D eigenvalue weighted by molar-refractivity contribution is 7.53. The van der Waals surface area contributed by atoms with Crippen LogP contribution >= 0.6 is 15.2 Å². The van der Waals surface area contributed by atoms with E-state index < -0.39 is 15.2 Å². The Hall–Kier alpha value is -2.54. The van der Waals surface area contributed by atoms with Crippen molar-refractivity contribution in [2.45, 2.75) is 40.0 Å². The molecule has 8 nitrogen and oxygen atoms in total. The lowest BCUT2D eigenvalue weighted by molar-refractivity contribution is 0.218. The summed E-state index contributed by atoms with van der Waals surface area (Å²) in [5.41, 5.74) is 2.15. The minimum Gasteiger partial charge on any atom is -0.309 e. The maximum atomic E-state index is 13.0. The highest BCUT2D eigenvalue weighted by atomic mass is 31.2. The van der Waals surface area contributed by atoms with Crippen molar-refractivity contribution in [1.29, 1.82) is 10.5 Å². The van der Waals surface area contributed by atoms with Gasteiger partial charge in [0, 0.05) is 21.5 Å². The van der Waals surface area contributed by atoms with Gasteiger partial charge in [0.25, 0.3) is 0 Å². The van der Waals surface area contributed by atoms with Crippen molar-refractivity contribution in [1.82, 2.24) is 0 Å². The van der Waals surface area contributed by atoms with Gasteiger partial charge in [-0.05, 0) is 51.0 Å². The second-order valence-electron chi connectivity index (χ2n) is 7.94. The maximum Gasteiger partial charge on any atom is 0.335 e. The van der Waals surface area contributed by atoms with E-state index in [2.05, 4.69) is 12.1 Å². The Balaban J connectivity index is 2.17. The van der Waals surface area contributed by atoms with Crippen molar-refractivity contribution in [2.75, 3.05) is 26.4 Å². The van der Waals surface area contributed by atoms with Crippen LogP contribution in [0.2, 0.25) is 0 Å². The lowest BCUT2D eigenvalue weighted by Gasteiger charge is -2.18. The normalized spacial score (nSPS) is 12.1. The van der Waals surface area contributed by atoms with Crippen molar-refractivity contribution >= 4 is 36.7 Å². The van der Waals surface area contributed by atoms with Crippen LogP contribution in [0.25, 0.3) is 21.5 Å². The first-order valence-electron chi connectivity index (χ1n) is 11.8. The zero-order valence-corrected chi connectivity index (χ0v) is 22.7. The van der Waals surface area contributed by atoms with Crippen LogP contribution in [0, 0.1) is 22.7 Å². The Bertz CT molecular complexity index is 1310. The van der Waals surface area contributed by atoms with E-state index >= 15 is 0 Å². The van der Waals surface area contributed by atoms with Gasteiger partial charge in [-0.3, -0.25) is 9.13 Å². The summed E-state index contributed by atoms with van der Waals surface area (Å²) < 4.78 is 47.8. The lowest BCUT2D eigenvalue weighted by atomic mass is 9.91. The van der Waals surface area contributed by atoms with E-state index in [0.717, 1.165) is 0 Å². The van der Waals surface area contributed by atoms with Crippen LogP contribution in [-0.4, -0.2) is 26.4 Å². The number of nitriles is 2. The average molecular weight is 528 g/mol. The third-order valence-corrected chi connectivity index (χ3v) is 9.64. The Labute approximate surface area is 211 Å². The summed E-state index contributed by atoms with van der Waals surface area (Å²) in [6.07, 6.45) is 0.108. The van der Waals surface area contributed by atoms with Crippen LogP contribution in [0.3, 0.4) is 0 Å². The Kier molecular flexibility index (Phi) is 9.45. The number of hydrogen-bond acceptors (Lipinski definition) is 8. The van der Waals surface area contributed by atoms with Crippen LogP contribution in [-0.2, 0) is 39.5 Å². The van der Waals surface area contributed by atoms with E-state index in [1.807, 2.05) is 0 Å². The van der Waals surface area contributed by atoms with Gasteiger partial charge in [-0.15, -0.1) is 0 Å². The first-order chi connectivity index (χ1) is 17.3. The van der Waals surface area contributed by atoms with Crippen molar-refractivity contribution in [3.8, 4) is 12.1 Å². The molecule has 0 aliphatic heterocycles. The van der Waals surface area contributed by atoms with Gasteiger partial charge >= 0.3 is 15.2 Å². The smallest absolute Gasteiger partial charge is 0.309 e. The molecule has 3 rings (SSSR count). The van der Waals surface area contributed by atoms with Gasteiger partial charge in [-0.2, -0.15) is 10.5 Å². The molecule has 0 aliphatic carbocycles. The minimum atomic E-state index is -3.35. The van der Waals surface area contributed by atoms with E-state index in [4.69, 9.17) is 18.1 Å². The minimum absolute atomic E-state index is 0.0541. The number of nitrogens with zero attached hydrogens (tertiary/aromatic N) is 2. The van der Waals surface area contributed by atoms with Gasteiger partial charge in [-0.25, -0.2) is 0 Å². The summed E-state index contributed by atoms with van der Waals surface area (Å²) in [6, 6.07) is 15.1. The molecule has 36 heavy (non-hydrogen) atoms. The third-order valence-electron chi connectivity index (χ3n) is 5.52. The molecule has 3 aromatic rings. The molecular weight excluding hydrogens is 498 g/mol. The molecule has 0 saturated carbocycles. The fraction of sp³-hybridized carbons (Fsp3) is 0.385. The van der Waals surface area contributed by atoms with E-state index in [1.54, 1.807) is 64.1 Å². The molecule has 0 amide bonds. The van der Waals surface area contributed by atoms with Gasteiger partial charge in [0.1, 0.15) is 12.1 Å². The van der Waals surface area contributed by atoms with Gasteiger partial charge in [0.15, 0.2) is 0 Å². The maximum absolute atomic E-state index is 13.0. The molecule has 10 heteroatoms. The Morgan fingerprint density at radius 1 is 0.611 bits per heavy atom. The van der Waals surface area contributed by atoms with Gasteiger partial charge < -0.3 is 18.1 Å². The van der Waals surface area contributed by atoms with Crippen molar-refractivity contribution in [3.05, 3.63) is 58.7 Å². The summed E-state index contributed by atoms with van der Waals surface area (Å²) in [5.74, 6) is 0. The first-order valence-corrected chi connectivity index (χ1v) is 15.3. The fourth-order valence-electron chi connectivity index (χ4n) is 4.25. The third kappa shape index (κ3) is 6.05. The van der Waals surface area contributed by atoms with Crippen LogP contribution in [0.4, 0.5) is 0 Å². The number of rotatable bonds is 12. The Morgan fingerprint density at radius 3 is 1.22 bits per heavy atom. The summed E-state index contributed by atoms with van der Waals surface area (Å²) in [7, 11) is -6.69. The molecule has 0 unspecified atom stereocenters. The summed E-state index contributed by atoms with van der Waals surface area (Å²) in [4.78, 5) is 0. The topological polar surface area (TPSA) is 119 Å². The van der Waals surface area contributed by atoms with E-state index in [0.29, 0.717) is 43.8 Å². The fourth-order valence-corrected chi connectivity index (χ4v) is 7.63. The molecular formula is C26H30N2O6P2. The molecule has 0 aliphatic rings. The molecule has 0 N–H and O–H groups in total. The second kappa shape index (κ2) is 12.1. The van der Waals surface area contributed by atoms with Crippen LogP contribution in [0.15, 0.2) is 36.4 Å². The van der Waals surface area contributed by atoms with Gasteiger partial charge in [0.05, 0.1) is 49.9 Å². The summed E-state index contributed by atoms with van der Waals surface area (Å²) in [5, 5.41) is 22.5. The molecule has 0 heterocycles. The van der Waals surface area contributed by atoms with Crippen molar-refractivity contribution in [2.24, 2.45) is 0 Å². The van der Waals surface area contributed by atoms with Crippen molar-refractivity contribution in [3.63, 3.8) is 0 Å². The van der Waals surface area contributed by atoms with E-state index in [-0.39, 0.29) is 38.8 Å². The molecule has 0 aromatic heterocycles. The standard InChI is InChI=1S/C26H30N2O6P2/c1-5-31-35(29,32-6-2)17-19-9-11-21-23(13-19)25(15-27)22-12-10-20(14-24(22)26(21)16-28)18-36(30,33-7-3)34-8-4/h9-14H,5-8,17-18H2,1-4H3.